The van der Waals surface area contributed by atoms with Crippen molar-refractivity contribution in [2.24, 2.45) is 0 Å². The summed E-state index contributed by atoms with van der Waals surface area (Å²) < 4.78 is 17.4. The van der Waals surface area contributed by atoms with E-state index in [0.29, 0.717) is 6.54 Å². The molecule has 1 atom stereocenters. The van der Waals surface area contributed by atoms with Crippen molar-refractivity contribution in [3.63, 3.8) is 0 Å². The molecule has 88 valence electrons. The van der Waals surface area contributed by atoms with Gasteiger partial charge in [-0.05, 0) is 23.6 Å². The van der Waals surface area contributed by atoms with Crippen molar-refractivity contribution < 1.29 is 13.9 Å². The average molecular weight is 225 g/mol. The van der Waals surface area contributed by atoms with Crippen LogP contribution in [0.4, 0.5) is 4.39 Å². The van der Waals surface area contributed by atoms with E-state index in [0.717, 1.165) is 5.56 Å². The topological polar surface area (TPSA) is 38.3 Å². The first-order valence-corrected chi connectivity index (χ1v) is 5.14. The fourth-order valence-corrected chi connectivity index (χ4v) is 1.36. The molecule has 0 spiro atoms. The molecule has 0 aliphatic carbocycles. The summed E-state index contributed by atoms with van der Waals surface area (Å²) in [6, 6.07) is 6.29. The normalized spacial score (nSPS) is 12.2. The van der Waals surface area contributed by atoms with Gasteiger partial charge in [0, 0.05) is 13.7 Å². The molecular weight excluding hydrogens is 209 g/mol. The van der Waals surface area contributed by atoms with Gasteiger partial charge in [0.1, 0.15) is 12.4 Å². The van der Waals surface area contributed by atoms with Gasteiger partial charge in [-0.15, -0.1) is 0 Å². The largest absolute Gasteiger partial charge is 0.375 e. The SMILES string of the molecule is COCC(=O)NCC(C)c1ccc(F)cc1. The highest BCUT2D eigenvalue weighted by atomic mass is 19.1. The number of ether oxygens (including phenoxy) is 1. The van der Waals surface area contributed by atoms with Crippen LogP contribution in [0.15, 0.2) is 24.3 Å². The maximum atomic E-state index is 12.7. The lowest BCUT2D eigenvalue weighted by Crippen LogP contribution is -2.30. The third-order valence-electron chi connectivity index (χ3n) is 2.32. The molecule has 1 rings (SSSR count). The first kappa shape index (κ1) is 12.6. The van der Waals surface area contributed by atoms with E-state index >= 15 is 0 Å². The van der Waals surface area contributed by atoms with Crippen LogP contribution in [0.3, 0.4) is 0 Å². The van der Waals surface area contributed by atoms with Crippen LogP contribution in [0.25, 0.3) is 0 Å². The minimum atomic E-state index is -0.251. The van der Waals surface area contributed by atoms with Crippen LogP contribution in [0, 0.1) is 5.82 Å². The molecule has 0 saturated heterocycles. The Labute approximate surface area is 94.6 Å². The van der Waals surface area contributed by atoms with Gasteiger partial charge < -0.3 is 10.1 Å². The minimum Gasteiger partial charge on any atom is -0.375 e. The third kappa shape index (κ3) is 3.98. The molecule has 0 fully saturated rings. The summed E-state index contributed by atoms with van der Waals surface area (Å²) in [6.07, 6.45) is 0. The van der Waals surface area contributed by atoms with Crippen molar-refractivity contribution in [1.82, 2.24) is 5.32 Å². The Hall–Kier alpha value is -1.42. The predicted molar refractivity (Wildman–Crippen MR) is 59.7 cm³/mol. The molecule has 0 saturated carbocycles. The van der Waals surface area contributed by atoms with Crippen molar-refractivity contribution in [3.05, 3.63) is 35.6 Å². The Kier molecular flexibility index (Phi) is 4.92. The van der Waals surface area contributed by atoms with Gasteiger partial charge in [0.15, 0.2) is 0 Å². The molecule has 0 aliphatic rings. The molecule has 16 heavy (non-hydrogen) atoms. The molecule has 0 bridgehead atoms. The van der Waals surface area contributed by atoms with Crippen molar-refractivity contribution in [3.8, 4) is 0 Å². The zero-order valence-electron chi connectivity index (χ0n) is 9.50. The Balaban J connectivity index is 2.43. The van der Waals surface area contributed by atoms with Gasteiger partial charge >= 0.3 is 0 Å². The summed E-state index contributed by atoms with van der Waals surface area (Å²) in [5, 5.41) is 2.74. The molecule has 1 unspecified atom stereocenters. The fourth-order valence-electron chi connectivity index (χ4n) is 1.36. The van der Waals surface area contributed by atoms with Crippen molar-refractivity contribution in [2.45, 2.75) is 12.8 Å². The summed E-state index contributed by atoms with van der Waals surface area (Å²) in [7, 11) is 1.48. The Morgan fingerprint density at radius 1 is 1.44 bits per heavy atom. The van der Waals surface area contributed by atoms with Gasteiger partial charge in [-0.2, -0.15) is 0 Å². The maximum Gasteiger partial charge on any atom is 0.246 e. The summed E-state index contributed by atoms with van der Waals surface area (Å²) in [4.78, 5) is 11.1. The minimum absolute atomic E-state index is 0.0656. The predicted octanol–water partition coefficient (Wildman–Crippen LogP) is 1.69. The second-order valence-corrected chi connectivity index (χ2v) is 3.69. The number of carbonyl (C=O) groups is 1. The zero-order chi connectivity index (χ0) is 12.0. The van der Waals surface area contributed by atoms with Gasteiger partial charge in [0.2, 0.25) is 5.91 Å². The number of benzene rings is 1. The van der Waals surface area contributed by atoms with Gasteiger partial charge in [0.25, 0.3) is 0 Å². The summed E-state index contributed by atoms with van der Waals surface area (Å²) in [6.45, 7) is 2.56. The lowest BCUT2D eigenvalue weighted by Gasteiger charge is -2.12. The number of nitrogens with one attached hydrogen (secondary N) is 1. The van der Waals surface area contributed by atoms with Crippen LogP contribution in [-0.4, -0.2) is 26.2 Å². The Bertz CT molecular complexity index is 337. The number of hydrogen-bond donors (Lipinski definition) is 1. The van der Waals surface area contributed by atoms with E-state index < -0.39 is 0 Å². The highest BCUT2D eigenvalue weighted by molar-refractivity contribution is 5.77. The van der Waals surface area contributed by atoms with Crippen LogP contribution in [-0.2, 0) is 9.53 Å². The molecule has 0 heterocycles. The van der Waals surface area contributed by atoms with Gasteiger partial charge in [-0.3, -0.25) is 4.79 Å². The van der Waals surface area contributed by atoms with E-state index in [4.69, 9.17) is 4.74 Å². The van der Waals surface area contributed by atoms with Crippen LogP contribution < -0.4 is 5.32 Å². The highest BCUT2D eigenvalue weighted by Gasteiger charge is 2.07. The molecule has 0 aliphatic heterocycles. The molecule has 1 aromatic rings. The quantitative estimate of drug-likeness (QED) is 0.828. The number of halogens is 1. The molecule has 1 N–H and O–H groups in total. The first-order valence-electron chi connectivity index (χ1n) is 5.14. The van der Waals surface area contributed by atoms with Crippen LogP contribution in [0.1, 0.15) is 18.4 Å². The van der Waals surface area contributed by atoms with E-state index in [1.165, 1.54) is 19.2 Å². The van der Waals surface area contributed by atoms with E-state index in [9.17, 15) is 9.18 Å². The van der Waals surface area contributed by atoms with E-state index in [-0.39, 0.29) is 24.2 Å². The van der Waals surface area contributed by atoms with Crippen molar-refractivity contribution >= 4 is 5.91 Å². The molecule has 0 radical (unpaired) electrons. The molecule has 0 aromatic heterocycles. The second kappa shape index (κ2) is 6.23. The lowest BCUT2D eigenvalue weighted by molar-refractivity contribution is -0.124. The van der Waals surface area contributed by atoms with Crippen molar-refractivity contribution in [2.75, 3.05) is 20.3 Å². The van der Waals surface area contributed by atoms with E-state index in [1.54, 1.807) is 12.1 Å². The molecule has 3 nitrogen and oxygen atoms in total. The highest BCUT2D eigenvalue weighted by Crippen LogP contribution is 2.14. The van der Waals surface area contributed by atoms with E-state index in [1.807, 2.05) is 6.92 Å². The standard InChI is InChI=1S/C12H16FNO2/c1-9(7-14-12(15)8-16-2)10-3-5-11(13)6-4-10/h3-6,9H,7-8H2,1-2H3,(H,14,15). The molecular formula is C12H16FNO2. The number of amides is 1. The number of carbonyl (C=O) groups excluding carboxylic acids is 1. The summed E-state index contributed by atoms with van der Waals surface area (Å²) in [5.41, 5.74) is 0.999. The van der Waals surface area contributed by atoms with Crippen LogP contribution in [0.5, 0.6) is 0 Å². The smallest absolute Gasteiger partial charge is 0.246 e. The summed E-state index contributed by atoms with van der Waals surface area (Å²) in [5.74, 6) is -0.239. The van der Waals surface area contributed by atoms with Gasteiger partial charge in [-0.1, -0.05) is 19.1 Å². The number of methoxy groups -OCH3 is 1. The van der Waals surface area contributed by atoms with E-state index in [2.05, 4.69) is 5.32 Å². The van der Waals surface area contributed by atoms with Gasteiger partial charge in [0.05, 0.1) is 0 Å². The second-order valence-electron chi connectivity index (χ2n) is 3.69. The lowest BCUT2D eigenvalue weighted by atomic mass is 10.0. The maximum absolute atomic E-state index is 12.7. The number of hydrogen-bond acceptors (Lipinski definition) is 2. The Morgan fingerprint density at radius 2 is 2.06 bits per heavy atom. The molecule has 1 aromatic carbocycles. The molecule has 1 amide bonds. The number of rotatable bonds is 5. The monoisotopic (exact) mass is 225 g/mol. The van der Waals surface area contributed by atoms with Crippen molar-refractivity contribution in [1.29, 1.82) is 0 Å². The van der Waals surface area contributed by atoms with Crippen LogP contribution >= 0.6 is 0 Å². The zero-order valence-corrected chi connectivity index (χ0v) is 9.50. The molecule has 4 heteroatoms. The van der Waals surface area contributed by atoms with Gasteiger partial charge in [-0.25, -0.2) is 4.39 Å². The summed E-state index contributed by atoms with van der Waals surface area (Å²) >= 11 is 0. The first-order chi connectivity index (χ1) is 7.63. The average Bonchev–Trinajstić information content (AvgIpc) is 2.27. The third-order valence-corrected chi connectivity index (χ3v) is 2.32. The van der Waals surface area contributed by atoms with Crippen LogP contribution in [0.2, 0.25) is 0 Å². The fraction of sp³-hybridized carbons (Fsp3) is 0.417. The Morgan fingerprint density at radius 3 is 2.62 bits per heavy atom.